The van der Waals surface area contributed by atoms with E-state index in [4.69, 9.17) is 0 Å². The Morgan fingerprint density at radius 3 is 2.61 bits per heavy atom. The van der Waals surface area contributed by atoms with E-state index in [-0.39, 0.29) is 5.56 Å². The van der Waals surface area contributed by atoms with Crippen LogP contribution in [0, 0.1) is 4.91 Å². The Morgan fingerprint density at radius 1 is 1.00 bits per heavy atom. The van der Waals surface area contributed by atoms with Gasteiger partial charge < -0.3 is 0 Å². The minimum Gasteiger partial charge on any atom is -0.263 e. The van der Waals surface area contributed by atoms with Gasteiger partial charge in [0.1, 0.15) is 0 Å². The van der Waals surface area contributed by atoms with Crippen molar-refractivity contribution in [3.8, 4) is 0 Å². The smallest absolute Gasteiger partial charge is 0.263 e. The maximum atomic E-state index is 11.4. The van der Waals surface area contributed by atoms with Crippen molar-refractivity contribution in [1.82, 2.24) is 4.98 Å². The number of nitrogens with zero attached hydrogens (tertiary/aromatic N) is 2. The largest absolute Gasteiger partial charge is 0.318 e. The lowest BCUT2D eigenvalue weighted by Crippen LogP contribution is -1.96. The van der Waals surface area contributed by atoms with Gasteiger partial charge in [-0.3, -0.25) is 4.79 Å². The molecule has 0 aliphatic carbocycles. The summed E-state index contributed by atoms with van der Waals surface area (Å²) in [6, 6.07) is 14.7. The quantitative estimate of drug-likeness (QED) is 0.481. The molecule has 0 N–H and O–H groups in total. The number of hydrogen-bond donors (Lipinski definition) is 0. The second kappa shape index (κ2) is 4.00. The van der Waals surface area contributed by atoms with Crippen LogP contribution < -0.4 is 0 Å². The van der Waals surface area contributed by atoms with Gasteiger partial charge in [-0.2, -0.15) is 0 Å². The third-order valence-electron chi connectivity index (χ3n) is 2.86. The van der Waals surface area contributed by atoms with Crippen molar-refractivity contribution in [3.05, 3.63) is 59.0 Å². The lowest BCUT2D eigenvalue weighted by Gasteiger charge is -2.03. The summed E-state index contributed by atoms with van der Waals surface area (Å²) in [5, 5.41) is 4.28. The van der Waals surface area contributed by atoms with E-state index in [1.807, 2.05) is 36.4 Å². The van der Waals surface area contributed by atoms with Gasteiger partial charge in [0.25, 0.3) is 0 Å². The number of rotatable bonds is 1. The van der Waals surface area contributed by atoms with Crippen LogP contribution in [0.15, 0.2) is 53.7 Å². The van der Waals surface area contributed by atoms with E-state index in [1.54, 1.807) is 12.1 Å². The summed E-state index contributed by atoms with van der Waals surface area (Å²) in [6.45, 7) is 0. The van der Waals surface area contributed by atoms with E-state index < -0.39 is 5.91 Å². The lowest BCUT2D eigenvalue weighted by atomic mass is 10.1. The number of nitroso groups, excluding NO2 is 1. The van der Waals surface area contributed by atoms with E-state index in [2.05, 4.69) is 10.2 Å². The first kappa shape index (κ1) is 10.5. The van der Waals surface area contributed by atoms with Crippen LogP contribution in [0.25, 0.3) is 21.8 Å². The van der Waals surface area contributed by atoms with Gasteiger partial charge in [-0.25, -0.2) is 4.98 Å². The Morgan fingerprint density at radius 2 is 1.78 bits per heavy atom. The minimum absolute atomic E-state index is 0.244. The van der Waals surface area contributed by atoms with Gasteiger partial charge in [0.15, 0.2) is 0 Å². The molecule has 0 spiro atoms. The molecule has 1 amide bonds. The molecule has 3 rings (SSSR count). The molecule has 0 aliphatic rings. The fraction of sp³-hybridized carbons (Fsp3) is 0. The summed E-state index contributed by atoms with van der Waals surface area (Å²) in [5.41, 5.74) is 1.55. The maximum absolute atomic E-state index is 11.4. The molecule has 2 aromatic carbocycles. The molecule has 3 aromatic rings. The zero-order valence-corrected chi connectivity index (χ0v) is 9.33. The highest BCUT2D eigenvalue weighted by Gasteiger charge is 2.11. The predicted molar refractivity (Wildman–Crippen MR) is 69.4 cm³/mol. The number of carbonyl (C=O) groups excluding carboxylic acids is 1. The molecule has 0 saturated heterocycles. The number of hydrogen-bond acceptors (Lipinski definition) is 3. The van der Waals surface area contributed by atoms with Gasteiger partial charge in [-0.05, 0) is 18.2 Å². The average molecular weight is 236 g/mol. The third kappa shape index (κ3) is 1.55. The number of benzene rings is 2. The summed E-state index contributed by atoms with van der Waals surface area (Å²) in [4.78, 5) is 26.3. The zero-order valence-electron chi connectivity index (χ0n) is 9.33. The van der Waals surface area contributed by atoms with Crippen LogP contribution in [0.3, 0.4) is 0 Å². The molecule has 0 saturated carbocycles. The topological polar surface area (TPSA) is 59.4 Å². The Kier molecular flexibility index (Phi) is 2.34. The maximum Gasteiger partial charge on any atom is 0.318 e. The normalized spacial score (nSPS) is 10.7. The van der Waals surface area contributed by atoms with E-state index in [0.29, 0.717) is 5.52 Å². The number of fused-ring (bicyclic) bond motifs is 2. The van der Waals surface area contributed by atoms with Crippen LogP contribution in [-0.2, 0) is 0 Å². The predicted octanol–water partition coefficient (Wildman–Crippen LogP) is 3.29. The summed E-state index contributed by atoms with van der Waals surface area (Å²) in [6.07, 6.45) is 0. The van der Waals surface area contributed by atoms with Crippen LogP contribution in [0.4, 0.5) is 0 Å². The zero-order chi connectivity index (χ0) is 12.5. The van der Waals surface area contributed by atoms with Crippen molar-refractivity contribution in [2.45, 2.75) is 0 Å². The first-order chi connectivity index (χ1) is 8.79. The first-order valence-corrected chi connectivity index (χ1v) is 5.46. The second-order valence-corrected chi connectivity index (χ2v) is 3.95. The van der Waals surface area contributed by atoms with Gasteiger partial charge >= 0.3 is 5.91 Å². The molecule has 0 fully saturated rings. The van der Waals surface area contributed by atoms with E-state index in [0.717, 1.165) is 16.3 Å². The average Bonchev–Trinajstić information content (AvgIpc) is 2.43. The molecule has 0 unspecified atom stereocenters. The third-order valence-corrected chi connectivity index (χ3v) is 2.86. The molecule has 0 radical (unpaired) electrons. The first-order valence-electron chi connectivity index (χ1n) is 5.46. The molecule has 86 valence electrons. The Labute approximate surface area is 102 Å². The van der Waals surface area contributed by atoms with Crippen LogP contribution >= 0.6 is 0 Å². The van der Waals surface area contributed by atoms with Crippen molar-refractivity contribution >= 4 is 27.7 Å². The van der Waals surface area contributed by atoms with Gasteiger partial charge in [0.05, 0.1) is 16.6 Å². The monoisotopic (exact) mass is 236 g/mol. The molecule has 0 aliphatic heterocycles. The fourth-order valence-electron chi connectivity index (χ4n) is 2.02. The van der Waals surface area contributed by atoms with E-state index in [9.17, 15) is 9.70 Å². The van der Waals surface area contributed by atoms with Crippen LogP contribution in [-0.4, -0.2) is 10.9 Å². The molecular formula is C14H8N2O2. The molecular weight excluding hydrogens is 228 g/mol. The van der Waals surface area contributed by atoms with Crippen LogP contribution in [0.1, 0.15) is 10.4 Å². The van der Waals surface area contributed by atoms with Crippen molar-refractivity contribution in [1.29, 1.82) is 0 Å². The van der Waals surface area contributed by atoms with Gasteiger partial charge in [0.2, 0.25) is 0 Å². The Balaban J connectivity index is 2.43. The SMILES string of the molecule is O=NC(=O)c1cccc2cc3ccccc3nc12. The van der Waals surface area contributed by atoms with Gasteiger partial charge in [-0.15, -0.1) is 4.91 Å². The second-order valence-electron chi connectivity index (χ2n) is 3.95. The van der Waals surface area contributed by atoms with Crippen molar-refractivity contribution in [3.63, 3.8) is 0 Å². The standard InChI is InChI=1S/C14H8N2O2/c17-14(16-18)11-6-3-5-10-8-9-4-1-2-7-12(9)15-13(10)11/h1-8H. The number of carbonyl (C=O) groups is 1. The van der Waals surface area contributed by atoms with E-state index >= 15 is 0 Å². The van der Waals surface area contributed by atoms with Crippen molar-refractivity contribution in [2.75, 3.05) is 0 Å². The fourth-order valence-corrected chi connectivity index (χ4v) is 2.02. The number of amides is 1. The molecule has 0 atom stereocenters. The molecule has 1 aromatic heterocycles. The lowest BCUT2D eigenvalue weighted by molar-refractivity contribution is 0.100. The summed E-state index contributed by atoms with van der Waals surface area (Å²) >= 11 is 0. The molecule has 4 heteroatoms. The number of pyridine rings is 1. The highest BCUT2D eigenvalue weighted by molar-refractivity contribution is 6.07. The highest BCUT2D eigenvalue weighted by atomic mass is 16.3. The number of aromatic nitrogens is 1. The van der Waals surface area contributed by atoms with Gasteiger partial charge in [-0.1, -0.05) is 30.3 Å². The minimum atomic E-state index is -0.789. The highest BCUT2D eigenvalue weighted by Crippen LogP contribution is 2.22. The molecule has 4 nitrogen and oxygen atoms in total. The summed E-state index contributed by atoms with van der Waals surface area (Å²) < 4.78 is 0. The van der Waals surface area contributed by atoms with Gasteiger partial charge in [0, 0.05) is 15.9 Å². The van der Waals surface area contributed by atoms with E-state index in [1.165, 1.54) is 0 Å². The van der Waals surface area contributed by atoms with Crippen LogP contribution in [0.5, 0.6) is 0 Å². The molecule has 0 bridgehead atoms. The Hall–Kier alpha value is -2.62. The molecule has 18 heavy (non-hydrogen) atoms. The summed E-state index contributed by atoms with van der Waals surface area (Å²) in [7, 11) is 0. The van der Waals surface area contributed by atoms with Crippen molar-refractivity contribution in [2.24, 2.45) is 5.18 Å². The number of para-hydroxylation sites is 2. The van der Waals surface area contributed by atoms with Crippen molar-refractivity contribution < 1.29 is 4.79 Å². The van der Waals surface area contributed by atoms with Crippen LogP contribution in [0.2, 0.25) is 0 Å². The summed E-state index contributed by atoms with van der Waals surface area (Å²) in [5.74, 6) is -0.789. The molecule has 1 heterocycles. The Bertz CT molecular complexity index is 781.